The van der Waals surface area contributed by atoms with E-state index in [1.165, 1.54) is 11.3 Å². The number of hydrogen-bond acceptors (Lipinski definition) is 5. The second-order valence-electron chi connectivity index (χ2n) is 7.72. The Kier molecular flexibility index (Phi) is 4.77. The average Bonchev–Trinajstić information content (AvgIpc) is 3.18. The number of nitrogens with one attached hydrogen (secondary N) is 2. The molecule has 2 amide bonds. The van der Waals surface area contributed by atoms with Gasteiger partial charge in [0.15, 0.2) is 0 Å². The highest BCUT2D eigenvalue weighted by atomic mass is 32.1. The maximum Gasteiger partial charge on any atom is 0.271 e. The van der Waals surface area contributed by atoms with Gasteiger partial charge in [-0.3, -0.25) is 9.59 Å². The molecule has 1 atom stereocenters. The fourth-order valence-corrected chi connectivity index (χ4v) is 5.35. The van der Waals surface area contributed by atoms with Crippen molar-refractivity contribution in [2.45, 2.75) is 18.9 Å². The fraction of sp³-hybridized carbons (Fsp3) is 0.318. The lowest BCUT2D eigenvalue weighted by Crippen LogP contribution is -2.57. The zero-order valence-electron chi connectivity index (χ0n) is 15.9. The van der Waals surface area contributed by atoms with Crippen LogP contribution in [0.3, 0.4) is 0 Å². The Labute approximate surface area is 172 Å². The van der Waals surface area contributed by atoms with Gasteiger partial charge in [0.2, 0.25) is 0 Å². The van der Waals surface area contributed by atoms with Crippen LogP contribution < -0.4 is 10.6 Å². The number of hydrogen-bond donors (Lipinski definition) is 2. The molecule has 0 spiro atoms. The first-order valence-electron chi connectivity index (χ1n) is 9.95. The lowest BCUT2D eigenvalue weighted by molar-refractivity contribution is 0.0619. The topological polar surface area (TPSA) is 74.3 Å². The van der Waals surface area contributed by atoms with E-state index >= 15 is 0 Å². The van der Waals surface area contributed by atoms with Gasteiger partial charge in [-0.15, -0.1) is 11.3 Å². The first-order chi connectivity index (χ1) is 14.2. The molecule has 3 aliphatic heterocycles. The molecule has 2 aromatic heterocycles. The summed E-state index contributed by atoms with van der Waals surface area (Å²) in [5, 5.41) is 8.88. The molecule has 0 unspecified atom stereocenters. The third-order valence-electron chi connectivity index (χ3n) is 5.96. The number of carbonyl (C=O) groups is 2. The summed E-state index contributed by atoms with van der Waals surface area (Å²) in [4.78, 5) is 32.3. The van der Waals surface area contributed by atoms with E-state index in [-0.39, 0.29) is 17.9 Å². The van der Waals surface area contributed by atoms with Crippen LogP contribution >= 0.6 is 11.3 Å². The van der Waals surface area contributed by atoms with Gasteiger partial charge in [0.05, 0.1) is 10.4 Å². The van der Waals surface area contributed by atoms with Crippen molar-refractivity contribution in [2.75, 3.05) is 25.0 Å². The minimum atomic E-state index is -0.166. The smallest absolute Gasteiger partial charge is 0.271 e. The number of thiophene rings is 1. The highest BCUT2D eigenvalue weighted by molar-refractivity contribution is 7.18. The molecular formula is C22H22N4O2S. The normalized spacial score (nSPS) is 23.1. The van der Waals surface area contributed by atoms with E-state index in [9.17, 15) is 9.59 Å². The zero-order chi connectivity index (χ0) is 19.8. The van der Waals surface area contributed by atoms with Crippen LogP contribution in [0.15, 0.2) is 48.0 Å². The molecule has 0 saturated carbocycles. The summed E-state index contributed by atoms with van der Waals surface area (Å²) in [6.45, 7) is 3.20. The SMILES string of the molecule is O=C(Nc1csc2c(C(=O)N[C@H]3CN4CCC3CC4)nccc12)c1ccccc1. The van der Waals surface area contributed by atoms with Crippen LogP contribution in [0.5, 0.6) is 0 Å². The summed E-state index contributed by atoms with van der Waals surface area (Å²) < 4.78 is 0.801. The summed E-state index contributed by atoms with van der Waals surface area (Å²) in [5.74, 6) is 0.268. The summed E-state index contributed by atoms with van der Waals surface area (Å²) in [6, 6.07) is 11.1. The largest absolute Gasteiger partial charge is 0.346 e. The van der Waals surface area contributed by atoms with E-state index in [0.717, 1.165) is 42.6 Å². The highest BCUT2D eigenvalue weighted by Crippen LogP contribution is 2.33. The van der Waals surface area contributed by atoms with Gasteiger partial charge in [0, 0.05) is 35.1 Å². The van der Waals surface area contributed by atoms with Gasteiger partial charge in [-0.05, 0) is 50.0 Å². The third kappa shape index (κ3) is 3.52. The summed E-state index contributed by atoms with van der Waals surface area (Å²) in [5.41, 5.74) is 1.74. The number of fused-ring (bicyclic) bond motifs is 4. The molecule has 148 valence electrons. The number of nitrogens with zero attached hydrogens (tertiary/aromatic N) is 2. The number of amides is 2. The zero-order valence-corrected chi connectivity index (χ0v) is 16.7. The Balaban J connectivity index is 1.37. The Morgan fingerprint density at radius 1 is 1.07 bits per heavy atom. The maximum absolute atomic E-state index is 13.0. The van der Waals surface area contributed by atoms with E-state index < -0.39 is 0 Å². The van der Waals surface area contributed by atoms with Crippen molar-refractivity contribution in [1.82, 2.24) is 15.2 Å². The molecule has 6 nitrogen and oxygen atoms in total. The van der Waals surface area contributed by atoms with Crippen LogP contribution in [0.1, 0.15) is 33.7 Å². The lowest BCUT2D eigenvalue weighted by atomic mass is 9.84. The van der Waals surface area contributed by atoms with Crippen molar-refractivity contribution in [2.24, 2.45) is 5.92 Å². The highest BCUT2D eigenvalue weighted by Gasteiger charge is 2.35. The molecule has 5 heterocycles. The van der Waals surface area contributed by atoms with Gasteiger partial charge in [0.25, 0.3) is 11.8 Å². The minimum absolute atomic E-state index is 0.128. The van der Waals surface area contributed by atoms with Crippen molar-refractivity contribution in [1.29, 1.82) is 0 Å². The van der Waals surface area contributed by atoms with Crippen LogP contribution in [-0.4, -0.2) is 47.4 Å². The molecule has 6 rings (SSSR count). The first-order valence-corrected chi connectivity index (χ1v) is 10.8. The first kappa shape index (κ1) is 18.3. The quantitative estimate of drug-likeness (QED) is 0.697. The lowest BCUT2D eigenvalue weighted by Gasteiger charge is -2.44. The second kappa shape index (κ2) is 7.57. The van der Waals surface area contributed by atoms with Crippen molar-refractivity contribution in [3.05, 3.63) is 59.2 Å². The van der Waals surface area contributed by atoms with Gasteiger partial charge >= 0.3 is 0 Å². The van der Waals surface area contributed by atoms with Gasteiger partial charge in [-0.25, -0.2) is 4.98 Å². The fourth-order valence-electron chi connectivity index (χ4n) is 4.37. The van der Waals surface area contributed by atoms with Crippen LogP contribution in [0.4, 0.5) is 5.69 Å². The van der Waals surface area contributed by atoms with Crippen molar-refractivity contribution in [3.8, 4) is 0 Å². The molecule has 0 aliphatic carbocycles. The number of carbonyl (C=O) groups excluding carboxylic acids is 2. The molecule has 2 N–H and O–H groups in total. The van der Waals surface area contributed by atoms with Gasteiger partial charge in [0.1, 0.15) is 5.69 Å². The summed E-state index contributed by atoms with van der Waals surface area (Å²) in [6.07, 6.45) is 3.94. The van der Waals surface area contributed by atoms with Crippen LogP contribution in [0, 0.1) is 5.92 Å². The maximum atomic E-state index is 13.0. The average molecular weight is 407 g/mol. The second-order valence-corrected chi connectivity index (χ2v) is 8.60. The van der Waals surface area contributed by atoms with Crippen molar-refractivity contribution in [3.63, 3.8) is 0 Å². The molecule has 1 aromatic carbocycles. The molecule has 7 heteroatoms. The van der Waals surface area contributed by atoms with Crippen molar-refractivity contribution >= 4 is 38.9 Å². The van der Waals surface area contributed by atoms with E-state index in [0.29, 0.717) is 22.9 Å². The number of anilines is 1. The van der Waals surface area contributed by atoms with Crippen molar-refractivity contribution < 1.29 is 9.59 Å². The number of piperidine rings is 3. The summed E-state index contributed by atoms with van der Waals surface area (Å²) in [7, 11) is 0. The summed E-state index contributed by atoms with van der Waals surface area (Å²) >= 11 is 1.43. The predicted octanol–water partition coefficient (Wildman–Crippen LogP) is 3.37. The molecule has 3 aromatic rings. The molecule has 0 radical (unpaired) electrons. The minimum Gasteiger partial charge on any atom is -0.346 e. The molecule has 3 saturated heterocycles. The molecular weight excluding hydrogens is 384 g/mol. The van der Waals surface area contributed by atoms with Crippen LogP contribution in [0.2, 0.25) is 0 Å². The van der Waals surface area contributed by atoms with Crippen LogP contribution in [0.25, 0.3) is 10.1 Å². The van der Waals surface area contributed by atoms with E-state index in [2.05, 4.69) is 20.5 Å². The number of benzene rings is 1. The van der Waals surface area contributed by atoms with E-state index in [1.807, 2.05) is 29.6 Å². The van der Waals surface area contributed by atoms with E-state index in [1.54, 1.807) is 18.3 Å². The Morgan fingerprint density at radius 2 is 1.86 bits per heavy atom. The molecule has 29 heavy (non-hydrogen) atoms. The van der Waals surface area contributed by atoms with Crippen LogP contribution in [-0.2, 0) is 0 Å². The molecule has 3 fully saturated rings. The third-order valence-corrected chi connectivity index (χ3v) is 6.96. The molecule has 2 bridgehead atoms. The number of pyridine rings is 1. The number of aromatic nitrogens is 1. The Hall–Kier alpha value is -2.77. The number of rotatable bonds is 4. The standard InChI is InChI=1S/C22H22N4O2S/c27-21(15-4-2-1-3-5-15)25-18-13-29-20-16(18)6-9-23-19(20)22(28)24-17-12-26-10-7-14(17)8-11-26/h1-6,9,13-14,17H,7-8,10-12H2,(H,24,28)(H,25,27)/t17-/m0/s1. The molecule has 3 aliphatic rings. The Bertz CT molecular complexity index is 1060. The Morgan fingerprint density at radius 3 is 2.59 bits per heavy atom. The van der Waals surface area contributed by atoms with Gasteiger partial charge in [-0.2, -0.15) is 0 Å². The predicted molar refractivity (Wildman–Crippen MR) is 114 cm³/mol. The monoisotopic (exact) mass is 406 g/mol. The van der Waals surface area contributed by atoms with Gasteiger partial charge in [-0.1, -0.05) is 18.2 Å². The van der Waals surface area contributed by atoms with Gasteiger partial charge < -0.3 is 15.5 Å². The van der Waals surface area contributed by atoms with E-state index in [4.69, 9.17) is 0 Å².